The van der Waals surface area contributed by atoms with Crippen LogP contribution in [0.3, 0.4) is 0 Å². The number of aliphatic hydroxyl groups is 1. The van der Waals surface area contributed by atoms with Crippen molar-refractivity contribution in [2.75, 3.05) is 246 Å². The Morgan fingerprint density at radius 1 is 0.216 bits per heavy atom. The van der Waals surface area contributed by atoms with Gasteiger partial charge in [-0.1, -0.05) is 6.42 Å². The molecule has 40 heteroatoms. The van der Waals surface area contributed by atoms with Crippen molar-refractivity contribution in [2.45, 2.75) is 217 Å². The first-order chi connectivity index (χ1) is 60.8. The fourth-order valence-electron chi connectivity index (χ4n) is 12.1. The van der Waals surface area contributed by atoms with E-state index in [4.69, 9.17) is 61.6 Å². The molecule has 0 aliphatic carbocycles. The standard InChI is InChI=1S/C85H159N13O27/c1-113-44-18-10-28-73(100)92-40-48-118-52-56-122-65-82(109)88-36-16-8-25-70(96-77(104)32-22-38-90-84(111)67-124-58-54-120-50-42-94-75(102)30-12-20-46-115-3)60-79(106)87-35-15-7-26-71(61-80(107)86-34-14-6-24-69(63-99)64-117-5)98-81(108)62-72(27-9-17-37-89-83(110)66-123-57-53-119-49-41-93-74(101)29-11-19-45-114-2)97-78(105)33-23-39-91-85(112)68-125-59-55-121-51-43-95-76(103)31-13-21-47-116-4/h69-72,99H,6-68H2,1-5H3,(H,86,107)(H,87,106)(H,88,109)(H,89,110)(H,90,111)(H,91,112)(H,92,100)(H,93,101)(H,94,102)(H,95,103)(H,96,104)(H,97,105)(H,98,108). The number of hydrogen-bond donors (Lipinski definition) is 14. The Bertz CT molecular complexity index is 2780. The lowest BCUT2D eigenvalue weighted by Crippen LogP contribution is -2.44. The van der Waals surface area contributed by atoms with E-state index in [1.807, 2.05) is 0 Å². The second kappa shape index (κ2) is 88.6. The van der Waals surface area contributed by atoms with E-state index in [1.165, 1.54) is 0 Å². The molecule has 0 saturated heterocycles. The molecular weight excluding hydrogens is 1630 g/mol. The van der Waals surface area contributed by atoms with E-state index in [0.717, 1.165) is 57.8 Å². The Hall–Kier alpha value is -7.45. The summed E-state index contributed by atoms with van der Waals surface area (Å²) in [6.45, 7) is 7.39. The van der Waals surface area contributed by atoms with Gasteiger partial charge in [-0.2, -0.15) is 0 Å². The zero-order valence-corrected chi connectivity index (χ0v) is 75.9. The Labute approximate surface area is 741 Å². The molecule has 14 N–H and O–H groups in total. The maximum absolute atomic E-state index is 14.2. The third-order valence-corrected chi connectivity index (χ3v) is 18.8. The minimum absolute atomic E-state index is 0.00779. The third-order valence-electron chi connectivity index (χ3n) is 18.8. The van der Waals surface area contributed by atoms with E-state index in [2.05, 4.69) is 69.1 Å². The average molecular weight is 1800 g/mol. The highest BCUT2D eigenvalue weighted by atomic mass is 16.5. The lowest BCUT2D eigenvalue weighted by molar-refractivity contribution is -0.127. The number of nitrogens with one attached hydrogen (secondary N) is 13. The lowest BCUT2D eigenvalue weighted by Gasteiger charge is -2.22. The zero-order valence-electron chi connectivity index (χ0n) is 75.9. The number of ether oxygens (including phenoxy) is 13. The molecule has 0 saturated carbocycles. The minimum atomic E-state index is -0.676. The van der Waals surface area contributed by atoms with Crippen LogP contribution >= 0.6 is 0 Å². The van der Waals surface area contributed by atoms with Crippen molar-refractivity contribution in [1.29, 1.82) is 0 Å². The zero-order chi connectivity index (χ0) is 91.7. The molecular formula is C85H159N13O27. The molecule has 0 heterocycles. The van der Waals surface area contributed by atoms with Crippen molar-refractivity contribution < 1.29 is 129 Å². The van der Waals surface area contributed by atoms with Crippen LogP contribution in [0.5, 0.6) is 0 Å². The van der Waals surface area contributed by atoms with Crippen LogP contribution in [0.25, 0.3) is 0 Å². The van der Waals surface area contributed by atoms with Crippen LogP contribution in [0.15, 0.2) is 0 Å². The highest BCUT2D eigenvalue weighted by Gasteiger charge is 2.23. The smallest absolute Gasteiger partial charge is 0.245 e. The maximum atomic E-state index is 14.2. The molecule has 13 amide bonds. The van der Waals surface area contributed by atoms with E-state index in [-0.39, 0.29) is 241 Å². The molecule has 0 bridgehead atoms. The number of methoxy groups -OCH3 is 5. The number of rotatable bonds is 92. The fraction of sp³-hybridized carbons (Fsp3) is 0.847. The van der Waals surface area contributed by atoms with Gasteiger partial charge in [0.15, 0.2) is 0 Å². The monoisotopic (exact) mass is 1790 g/mol. The molecule has 0 fully saturated rings. The highest BCUT2D eigenvalue weighted by molar-refractivity contribution is 5.83. The van der Waals surface area contributed by atoms with Gasteiger partial charge >= 0.3 is 0 Å². The van der Waals surface area contributed by atoms with Crippen LogP contribution in [0, 0.1) is 5.92 Å². The SMILES string of the molecule is COCCCCC(=O)NCCOCCOCC(=O)NCCCCC(CC(=O)NCCCCC(CC(=O)NCCCCC(CO)COC)NC(=O)CC(CCCCNC(=O)COCCOCCNC(=O)CCCCOC)NC(=O)CCCNC(=O)COCCOCCNC(=O)CCCCOC)NC(=O)CCCNC(=O)COCCOCCNC(=O)CCCCOC. The first kappa shape index (κ1) is 118. The van der Waals surface area contributed by atoms with Crippen molar-refractivity contribution >= 4 is 76.8 Å². The summed E-state index contributed by atoms with van der Waals surface area (Å²) in [5.41, 5.74) is 0. The summed E-state index contributed by atoms with van der Waals surface area (Å²) in [5.74, 6) is -3.57. The van der Waals surface area contributed by atoms with Crippen LogP contribution < -0.4 is 69.1 Å². The Morgan fingerprint density at radius 3 is 0.736 bits per heavy atom. The van der Waals surface area contributed by atoms with E-state index in [0.29, 0.717) is 182 Å². The fourth-order valence-corrected chi connectivity index (χ4v) is 12.1. The summed E-state index contributed by atoms with van der Waals surface area (Å²) in [7, 11) is 8.03. The summed E-state index contributed by atoms with van der Waals surface area (Å²) in [5, 5.41) is 46.9. The quantitative estimate of drug-likeness (QED) is 0.0372. The van der Waals surface area contributed by atoms with E-state index in [9.17, 15) is 67.4 Å². The third kappa shape index (κ3) is 83.2. The summed E-state index contributed by atoms with van der Waals surface area (Å²) < 4.78 is 69.0. The van der Waals surface area contributed by atoms with Crippen molar-refractivity contribution in [3.8, 4) is 0 Å². The molecule has 0 aromatic carbocycles. The highest BCUT2D eigenvalue weighted by Crippen LogP contribution is 2.13. The molecule has 0 radical (unpaired) electrons. The summed E-state index contributed by atoms with van der Waals surface area (Å²) in [4.78, 5) is 167. The van der Waals surface area contributed by atoms with Crippen LogP contribution in [0.4, 0.5) is 0 Å². The minimum Gasteiger partial charge on any atom is -0.396 e. The van der Waals surface area contributed by atoms with Crippen LogP contribution in [-0.4, -0.2) is 346 Å². The Balaban J connectivity index is 6.01. The summed E-state index contributed by atoms with van der Waals surface area (Å²) in [6.07, 6.45) is 14.0. The molecule has 0 aromatic rings. The van der Waals surface area contributed by atoms with Gasteiger partial charge in [0.05, 0.1) is 85.9 Å². The Kier molecular flexibility index (Phi) is 83.3. The second-order valence-electron chi connectivity index (χ2n) is 30.1. The van der Waals surface area contributed by atoms with E-state index in [1.54, 1.807) is 35.5 Å². The number of carbonyl (C=O) groups excluding carboxylic acids is 13. The number of unbranched alkanes of at least 4 members (excludes halogenated alkanes) is 8. The van der Waals surface area contributed by atoms with Gasteiger partial charge in [0.1, 0.15) is 26.4 Å². The number of carbonyl (C=O) groups is 13. The topological polar surface area (TPSA) is 519 Å². The second-order valence-corrected chi connectivity index (χ2v) is 30.1. The predicted octanol–water partition coefficient (Wildman–Crippen LogP) is 0.669. The molecule has 125 heavy (non-hydrogen) atoms. The summed E-state index contributed by atoms with van der Waals surface area (Å²) >= 11 is 0. The Morgan fingerprint density at radius 2 is 0.456 bits per heavy atom. The molecule has 0 aliphatic rings. The van der Waals surface area contributed by atoms with Crippen molar-refractivity contribution in [3.05, 3.63) is 0 Å². The first-order valence-electron chi connectivity index (χ1n) is 45.0. The normalized spacial score (nSPS) is 12.1. The lowest BCUT2D eigenvalue weighted by atomic mass is 10.0. The van der Waals surface area contributed by atoms with Crippen molar-refractivity contribution in [3.63, 3.8) is 0 Å². The van der Waals surface area contributed by atoms with Gasteiger partial charge in [0.2, 0.25) is 76.8 Å². The summed E-state index contributed by atoms with van der Waals surface area (Å²) in [6, 6.07) is -1.94. The van der Waals surface area contributed by atoms with Crippen molar-refractivity contribution in [2.24, 2.45) is 5.92 Å². The van der Waals surface area contributed by atoms with Crippen LogP contribution in [0.1, 0.15) is 199 Å². The molecule has 0 aromatic heterocycles. The molecule has 0 aliphatic heterocycles. The molecule has 0 spiro atoms. The largest absolute Gasteiger partial charge is 0.396 e. The van der Waals surface area contributed by atoms with Gasteiger partial charge in [-0.05, 0) is 135 Å². The predicted molar refractivity (Wildman–Crippen MR) is 466 cm³/mol. The van der Waals surface area contributed by atoms with Gasteiger partial charge in [-0.3, -0.25) is 62.3 Å². The van der Waals surface area contributed by atoms with Crippen LogP contribution in [0.2, 0.25) is 0 Å². The van der Waals surface area contributed by atoms with Gasteiger partial charge in [-0.25, -0.2) is 0 Å². The van der Waals surface area contributed by atoms with E-state index >= 15 is 0 Å². The van der Waals surface area contributed by atoms with Gasteiger partial charge < -0.3 is 136 Å². The van der Waals surface area contributed by atoms with Gasteiger partial charge in [0, 0.05) is 216 Å². The first-order valence-corrected chi connectivity index (χ1v) is 45.0. The number of amides is 13. The average Bonchev–Trinajstić information content (AvgIpc) is 0.918. The molecule has 4 atom stereocenters. The molecule has 726 valence electrons. The van der Waals surface area contributed by atoms with Crippen molar-refractivity contribution in [1.82, 2.24) is 69.1 Å². The molecule has 4 unspecified atom stereocenters. The number of aliphatic hydroxyl groups excluding tert-OH is 1. The molecule has 0 rings (SSSR count). The van der Waals surface area contributed by atoms with Gasteiger partial charge in [0.25, 0.3) is 0 Å². The van der Waals surface area contributed by atoms with Gasteiger partial charge in [-0.15, -0.1) is 0 Å². The van der Waals surface area contributed by atoms with Crippen LogP contribution in [-0.2, 0) is 124 Å². The van der Waals surface area contributed by atoms with E-state index < -0.39 is 29.9 Å². The number of hydrogen-bond acceptors (Lipinski definition) is 27. The molecule has 40 nitrogen and oxygen atoms in total. The maximum Gasteiger partial charge on any atom is 0.245 e.